The molecule has 0 unspecified atom stereocenters. The van der Waals surface area contributed by atoms with Crippen LogP contribution in [0.5, 0.6) is 17.5 Å². The maximum atomic E-state index is 8.91. The summed E-state index contributed by atoms with van der Waals surface area (Å²) in [6.07, 6.45) is 0. The van der Waals surface area contributed by atoms with Crippen molar-refractivity contribution in [3.63, 3.8) is 0 Å². The van der Waals surface area contributed by atoms with Crippen molar-refractivity contribution in [2.75, 3.05) is 44.6 Å². The van der Waals surface area contributed by atoms with Gasteiger partial charge in [-0.2, -0.15) is 15.0 Å². The Bertz CT molecular complexity index is 668. The number of anilines is 3. The van der Waals surface area contributed by atoms with Crippen molar-refractivity contribution < 1.29 is 19.3 Å². The van der Waals surface area contributed by atoms with Gasteiger partial charge in [-0.15, -0.1) is 0 Å². The molecule has 1 aromatic carbocycles. The van der Waals surface area contributed by atoms with Crippen LogP contribution in [0.1, 0.15) is 6.92 Å². The summed E-state index contributed by atoms with van der Waals surface area (Å²) in [5, 5.41) is 14.9. The Morgan fingerprint density at radius 1 is 1.08 bits per heavy atom. The molecule has 3 N–H and O–H groups in total. The van der Waals surface area contributed by atoms with Crippen LogP contribution < -0.4 is 24.8 Å². The van der Waals surface area contributed by atoms with E-state index in [9.17, 15) is 0 Å². The first kappa shape index (κ1) is 17.5. The second-order valence-corrected chi connectivity index (χ2v) is 4.54. The minimum Gasteiger partial charge on any atom is -0.497 e. The number of nitrogens with zero attached hydrogens (tertiary/aromatic N) is 3. The lowest BCUT2D eigenvalue weighted by Gasteiger charge is -2.13. The van der Waals surface area contributed by atoms with Crippen molar-refractivity contribution in [1.82, 2.24) is 15.0 Å². The molecule has 0 amide bonds. The third-order valence-corrected chi connectivity index (χ3v) is 2.94. The minimum absolute atomic E-state index is 0.0370. The van der Waals surface area contributed by atoms with E-state index < -0.39 is 0 Å². The van der Waals surface area contributed by atoms with Crippen molar-refractivity contribution in [3.05, 3.63) is 18.2 Å². The number of aliphatic hydroxyl groups is 1. The summed E-state index contributed by atoms with van der Waals surface area (Å²) in [6, 6.07) is 5.52. The van der Waals surface area contributed by atoms with E-state index in [-0.39, 0.29) is 18.6 Å². The van der Waals surface area contributed by atoms with Crippen LogP contribution in [0.4, 0.5) is 17.6 Å². The van der Waals surface area contributed by atoms with E-state index in [1.807, 2.05) is 6.92 Å². The number of rotatable bonds is 9. The van der Waals surface area contributed by atoms with E-state index in [2.05, 4.69) is 25.6 Å². The Labute approximate surface area is 140 Å². The maximum Gasteiger partial charge on any atom is 0.323 e. The van der Waals surface area contributed by atoms with Gasteiger partial charge >= 0.3 is 6.01 Å². The van der Waals surface area contributed by atoms with Gasteiger partial charge in [-0.05, 0) is 19.1 Å². The van der Waals surface area contributed by atoms with Gasteiger partial charge in [0.25, 0.3) is 0 Å². The fourth-order valence-corrected chi connectivity index (χ4v) is 1.88. The molecule has 0 radical (unpaired) electrons. The molecule has 9 nitrogen and oxygen atoms in total. The normalized spacial score (nSPS) is 10.2. The van der Waals surface area contributed by atoms with Gasteiger partial charge in [-0.1, -0.05) is 0 Å². The molecule has 0 aliphatic rings. The highest BCUT2D eigenvalue weighted by Gasteiger charge is 2.11. The van der Waals surface area contributed by atoms with Crippen LogP contribution in [0.3, 0.4) is 0 Å². The van der Waals surface area contributed by atoms with Gasteiger partial charge in [0.1, 0.15) is 11.5 Å². The fourth-order valence-electron chi connectivity index (χ4n) is 1.88. The molecule has 0 spiro atoms. The van der Waals surface area contributed by atoms with Gasteiger partial charge in [0.15, 0.2) is 0 Å². The number of benzene rings is 1. The van der Waals surface area contributed by atoms with E-state index in [1.54, 1.807) is 32.4 Å². The van der Waals surface area contributed by atoms with Crippen molar-refractivity contribution in [3.8, 4) is 17.5 Å². The van der Waals surface area contributed by atoms with Crippen LogP contribution >= 0.6 is 0 Å². The van der Waals surface area contributed by atoms with Crippen LogP contribution in [-0.4, -0.2) is 54.0 Å². The molecule has 0 bridgehead atoms. The van der Waals surface area contributed by atoms with Crippen LogP contribution in [-0.2, 0) is 0 Å². The predicted octanol–water partition coefficient (Wildman–Crippen LogP) is 1.44. The number of aromatic nitrogens is 3. The Morgan fingerprint density at radius 3 is 2.54 bits per heavy atom. The molecule has 2 aromatic rings. The fraction of sp³-hybridized carbons (Fsp3) is 0.400. The van der Waals surface area contributed by atoms with Crippen molar-refractivity contribution >= 4 is 17.6 Å². The summed E-state index contributed by atoms with van der Waals surface area (Å²) in [5.41, 5.74) is 0.667. The summed E-state index contributed by atoms with van der Waals surface area (Å²) in [6.45, 7) is 2.55. The molecule has 0 aliphatic carbocycles. The van der Waals surface area contributed by atoms with Gasteiger partial charge in [0.2, 0.25) is 11.9 Å². The van der Waals surface area contributed by atoms with Crippen molar-refractivity contribution in [2.45, 2.75) is 6.92 Å². The number of ether oxygens (including phenoxy) is 3. The highest BCUT2D eigenvalue weighted by atomic mass is 16.5. The first-order chi connectivity index (χ1) is 11.7. The zero-order valence-corrected chi connectivity index (χ0v) is 13.9. The highest BCUT2D eigenvalue weighted by molar-refractivity contribution is 5.64. The van der Waals surface area contributed by atoms with E-state index >= 15 is 0 Å². The van der Waals surface area contributed by atoms with E-state index in [4.69, 9.17) is 19.3 Å². The summed E-state index contributed by atoms with van der Waals surface area (Å²) in [4.78, 5) is 12.6. The summed E-state index contributed by atoms with van der Waals surface area (Å²) in [7, 11) is 3.15. The Morgan fingerprint density at radius 2 is 1.88 bits per heavy atom. The first-order valence-electron chi connectivity index (χ1n) is 7.42. The van der Waals surface area contributed by atoms with E-state index in [0.717, 1.165) is 0 Å². The Hall–Kier alpha value is -2.81. The molecule has 130 valence electrons. The molecule has 9 heteroatoms. The van der Waals surface area contributed by atoms with Gasteiger partial charge < -0.3 is 30.0 Å². The SMILES string of the molecule is CCOc1nc(NCCO)nc(Nc2ccc(OC)cc2OC)n1. The Balaban J connectivity index is 2.28. The second kappa shape index (κ2) is 8.73. The number of hydrogen-bond donors (Lipinski definition) is 3. The average molecular weight is 335 g/mol. The predicted molar refractivity (Wildman–Crippen MR) is 89.4 cm³/mol. The number of hydrogen-bond acceptors (Lipinski definition) is 9. The molecule has 0 atom stereocenters. The molecule has 0 aliphatic heterocycles. The van der Waals surface area contributed by atoms with Gasteiger partial charge in [-0.25, -0.2) is 0 Å². The first-order valence-corrected chi connectivity index (χ1v) is 7.42. The molecule has 1 heterocycles. The zero-order valence-electron chi connectivity index (χ0n) is 13.9. The average Bonchev–Trinajstić information content (AvgIpc) is 2.60. The summed E-state index contributed by atoms with van der Waals surface area (Å²) >= 11 is 0. The smallest absolute Gasteiger partial charge is 0.323 e. The lowest BCUT2D eigenvalue weighted by Crippen LogP contribution is -2.12. The van der Waals surface area contributed by atoms with Gasteiger partial charge in [-0.3, -0.25) is 0 Å². The largest absolute Gasteiger partial charge is 0.497 e. The molecule has 1 aromatic heterocycles. The number of aliphatic hydroxyl groups excluding tert-OH is 1. The third-order valence-electron chi connectivity index (χ3n) is 2.94. The van der Waals surface area contributed by atoms with Gasteiger partial charge in [0, 0.05) is 12.6 Å². The molecule has 0 saturated carbocycles. The van der Waals surface area contributed by atoms with Crippen molar-refractivity contribution in [1.29, 1.82) is 0 Å². The van der Waals surface area contributed by atoms with Gasteiger partial charge in [0.05, 0.1) is 33.1 Å². The van der Waals surface area contributed by atoms with Crippen LogP contribution in [0.2, 0.25) is 0 Å². The van der Waals surface area contributed by atoms with Crippen LogP contribution in [0.15, 0.2) is 18.2 Å². The number of methoxy groups -OCH3 is 2. The van der Waals surface area contributed by atoms with E-state index in [0.29, 0.717) is 36.3 Å². The highest BCUT2D eigenvalue weighted by Crippen LogP contribution is 2.31. The van der Waals surface area contributed by atoms with E-state index in [1.165, 1.54) is 0 Å². The van der Waals surface area contributed by atoms with Crippen LogP contribution in [0.25, 0.3) is 0 Å². The summed E-state index contributed by atoms with van der Waals surface area (Å²) < 4.78 is 15.9. The lowest BCUT2D eigenvalue weighted by atomic mass is 10.2. The van der Waals surface area contributed by atoms with Crippen molar-refractivity contribution in [2.24, 2.45) is 0 Å². The minimum atomic E-state index is -0.0370. The molecular formula is C15H21N5O4. The standard InChI is InChI=1S/C15H21N5O4/c1-4-24-15-19-13(16-7-8-21)18-14(20-15)17-11-6-5-10(22-2)9-12(11)23-3/h5-6,9,21H,4,7-8H2,1-3H3,(H2,16,17,18,19,20). The molecular weight excluding hydrogens is 314 g/mol. The molecule has 0 fully saturated rings. The molecule has 24 heavy (non-hydrogen) atoms. The quantitative estimate of drug-likeness (QED) is 0.626. The molecule has 0 saturated heterocycles. The topological polar surface area (TPSA) is 111 Å². The second-order valence-electron chi connectivity index (χ2n) is 4.54. The molecule has 2 rings (SSSR count). The summed E-state index contributed by atoms with van der Waals surface area (Å²) in [5.74, 6) is 1.85. The maximum absolute atomic E-state index is 8.91. The lowest BCUT2D eigenvalue weighted by molar-refractivity contribution is 0.307. The van der Waals surface area contributed by atoms with Crippen LogP contribution in [0, 0.1) is 0 Å². The zero-order chi connectivity index (χ0) is 17.4. The third kappa shape index (κ3) is 4.59. The Kier molecular flexibility index (Phi) is 6.38. The monoisotopic (exact) mass is 335 g/mol. The number of nitrogens with one attached hydrogen (secondary N) is 2.